The molecule has 0 aromatic carbocycles. The molecule has 0 bridgehead atoms. The summed E-state index contributed by atoms with van der Waals surface area (Å²) in [6.45, 7) is 0. The Morgan fingerprint density at radius 1 is 1.50 bits per heavy atom. The third kappa shape index (κ3) is 2.28. The van der Waals surface area contributed by atoms with Crippen LogP contribution >= 0.6 is 11.8 Å². The molecule has 2 heterocycles. The average molecular weight is 237 g/mol. The summed E-state index contributed by atoms with van der Waals surface area (Å²) in [5.74, 6) is 0.114. The van der Waals surface area contributed by atoms with Crippen LogP contribution in [0.4, 0.5) is 11.5 Å². The monoisotopic (exact) mass is 237 g/mol. The largest absolute Gasteiger partial charge is 0.383 e. The van der Waals surface area contributed by atoms with Gasteiger partial charge in [-0.25, -0.2) is 9.97 Å². The van der Waals surface area contributed by atoms with Crippen molar-refractivity contribution in [3.05, 3.63) is 34.6 Å². The predicted octanol–water partition coefficient (Wildman–Crippen LogP) is 1.45. The van der Waals surface area contributed by atoms with E-state index in [9.17, 15) is 10.1 Å². The van der Waals surface area contributed by atoms with Crippen molar-refractivity contribution in [2.75, 3.05) is 5.73 Å². The highest BCUT2D eigenvalue weighted by Gasteiger charge is 2.11. The number of pyridine rings is 1. The van der Waals surface area contributed by atoms with Gasteiger partial charge in [0.1, 0.15) is 10.8 Å². The molecule has 16 heavy (non-hydrogen) atoms. The van der Waals surface area contributed by atoms with Crippen molar-refractivity contribution in [3.63, 3.8) is 0 Å². The Balaban J connectivity index is 2.31. The Morgan fingerprint density at radius 2 is 2.31 bits per heavy atom. The van der Waals surface area contributed by atoms with Crippen molar-refractivity contribution in [1.29, 1.82) is 0 Å². The first kappa shape index (κ1) is 10.4. The highest BCUT2D eigenvalue weighted by molar-refractivity contribution is 7.99. The van der Waals surface area contributed by atoms with Crippen LogP contribution in [-0.2, 0) is 0 Å². The molecule has 0 aliphatic rings. The molecule has 2 rings (SSSR count). The number of hydrogen-bond acceptors (Lipinski definition) is 6. The van der Waals surface area contributed by atoms with Gasteiger partial charge >= 0.3 is 0 Å². The first-order valence-electron chi connectivity index (χ1n) is 4.24. The molecule has 0 fully saturated rings. The third-order valence-electron chi connectivity index (χ3n) is 1.69. The number of aromatic amines is 1. The molecule has 0 saturated carbocycles. The number of nitrogen functional groups attached to an aromatic ring is 1. The van der Waals surface area contributed by atoms with E-state index in [-0.39, 0.29) is 11.5 Å². The van der Waals surface area contributed by atoms with E-state index in [1.54, 1.807) is 12.4 Å². The molecule has 0 amide bonds. The number of nitro groups is 1. The van der Waals surface area contributed by atoms with E-state index in [4.69, 9.17) is 5.73 Å². The van der Waals surface area contributed by atoms with Crippen LogP contribution in [-0.4, -0.2) is 19.9 Å². The average Bonchev–Trinajstić information content (AvgIpc) is 2.69. The van der Waals surface area contributed by atoms with Gasteiger partial charge in [-0.05, 0) is 11.8 Å². The van der Waals surface area contributed by atoms with Gasteiger partial charge in [0.2, 0.25) is 0 Å². The fraction of sp³-hybridized carbons (Fsp3) is 0. The maximum atomic E-state index is 10.6. The number of aromatic nitrogens is 3. The second kappa shape index (κ2) is 4.19. The summed E-state index contributed by atoms with van der Waals surface area (Å²) in [7, 11) is 0. The molecule has 7 nitrogen and oxygen atoms in total. The third-order valence-corrected chi connectivity index (χ3v) is 2.53. The molecule has 2 aromatic heterocycles. The molecule has 82 valence electrons. The molecule has 0 spiro atoms. The summed E-state index contributed by atoms with van der Waals surface area (Å²) in [6, 6.07) is 2.57. The maximum absolute atomic E-state index is 10.6. The number of anilines is 1. The zero-order chi connectivity index (χ0) is 11.5. The van der Waals surface area contributed by atoms with Gasteiger partial charge in [0, 0.05) is 18.5 Å². The molecular weight excluding hydrogens is 230 g/mol. The zero-order valence-electron chi connectivity index (χ0n) is 7.95. The Bertz CT molecular complexity index is 513. The number of nitrogens with zero attached hydrogens (tertiary/aromatic N) is 3. The number of nitrogens with two attached hydrogens (primary N) is 1. The van der Waals surface area contributed by atoms with Gasteiger partial charge in [0.25, 0.3) is 5.69 Å². The fourth-order valence-electron chi connectivity index (χ4n) is 1.07. The van der Waals surface area contributed by atoms with Crippen LogP contribution in [0, 0.1) is 10.1 Å². The van der Waals surface area contributed by atoms with Crippen molar-refractivity contribution in [3.8, 4) is 0 Å². The lowest BCUT2D eigenvalue weighted by atomic mass is 10.4. The van der Waals surface area contributed by atoms with Crippen LogP contribution in [0.25, 0.3) is 0 Å². The summed E-state index contributed by atoms with van der Waals surface area (Å²) >= 11 is 1.18. The van der Waals surface area contributed by atoms with E-state index < -0.39 is 4.92 Å². The van der Waals surface area contributed by atoms with Gasteiger partial charge in [-0.1, -0.05) is 0 Å². The summed E-state index contributed by atoms with van der Waals surface area (Å²) in [6.07, 6.45) is 3.24. The van der Waals surface area contributed by atoms with E-state index in [0.717, 1.165) is 0 Å². The van der Waals surface area contributed by atoms with Crippen molar-refractivity contribution < 1.29 is 4.92 Å². The van der Waals surface area contributed by atoms with Crippen molar-refractivity contribution >= 4 is 23.3 Å². The summed E-state index contributed by atoms with van der Waals surface area (Å²) < 4.78 is 0. The van der Waals surface area contributed by atoms with Crippen LogP contribution < -0.4 is 5.73 Å². The van der Waals surface area contributed by atoms with Crippen LogP contribution in [0.2, 0.25) is 0 Å². The van der Waals surface area contributed by atoms with Gasteiger partial charge in [0.05, 0.1) is 11.0 Å². The van der Waals surface area contributed by atoms with Crippen molar-refractivity contribution in [1.82, 2.24) is 15.0 Å². The predicted molar refractivity (Wildman–Crippen MR) is 58.0 cm³/mol. The van der Waals surface area contributed by atoms with Crippen molar-refractivity contribution in [2.24, 2.45) is 0 Å². The molecule has 0 saturated heterocycles. The minimum Gasteiger partial charge on any atom is -0.383 e. The molecule has 0 atom stereocenters. The number of imidazole rings is 1. The lowest BCUT2D eigenvalue weighted by Gasteiger charge is -1.99. The van der Waals surface area contributed by atoms with Gasteiger partial charge < -0.3 is 10.7 Å². The SMILES string of the molecule is Nc1cc([N+](=O)[O-])cc(Sc2ncc[nH]2)n1. The van der Waals surface area contributed by atoms with E-state index in [1.807, 2.05) is 0 Å². The van der Waals surface area contributed by atoms with Crippen LogP contribution in [0.1, 0.15) is 0 Å². The second-order valence-corrected chi connectivity index (χ2v) is 3.85. The summed E-state index contributed by atoms with van der Waals surface area (Å²) in [5, 5.41) is 11.6. The molecular formula is C8H7N5O2S. The van der Waals surface area contributed by atoms with Crippen LogP contribution in [0.5, 0.6) is 0 Å². The molecule has 0 aliphatic carbocycles. The minimum absolute atomic E-state index is 0.0819. The van der Waals surface area contributed by atoms with E-state index in [2.05, 4.69) is 15.0 Å². The maximum Gasteiger partial charge on any atom is 0.275 e. The van der Waals surface area contributed by atoms with Gasteiger partial charge in [-0.3, -0.25) is 10.1 Å². The number of nitrogens with one attached hydrogen (secondary N) is 1. The fourth-order valence-corrected chi connectivity index (χ4v) is 1.84. The Morgan fingerprint density at radius 3 is 2.94 bits per heavy atom. The smallest absolute Gasteiger partial charge is 0.275 e. The molecule has 0 radical (unpaired) electrons. The topological polar surface area (TPSA) is 111 Å². The van der Waals surface area contributed by atoms with Gasteiger partial charge in [0.15, 0.2) is 5.16 Å². The van der Waals surface area contributed by atoms with Crippen LogP contribution in [0.3, 0.4) is 0 Å². The lowest BCUT2D eigenvalue weighted by Crippen LogP contribution is -1.95. The molecule has 8 heteroatoms. The highest BCUT2D eigenvalue weighted by atomic mass is 32.2. The zero-order valence-corrected chi connectivity index (χ0v) is 8.77. The molecule has 3 N–H and O–H groups in total. The number of H-pyrrole nitrogens is 1. The second-order valence-electron chi connectivity index (χ2n) is 2.84. The van der Waals surface area contributed by atoms with E-state index in [1.165, 1.54) is 23.9 Å². The van der Waals surface area contributed by atoms with E-state index >= 15 is 0 Å². The Hall–Kier alpha value is -2.09. The minimum atomic E-state index is -0.510. The normalized spacial score (nSPS) is 10.2. The number of hydrogen-bond donors (Lipinski definition) is 2. The van der Waals surface area contributed by atoms with Crippen LogP contribution in [0.15, 0.2) is 34.7 Å². The first-order chi connectivity index (χ1) is 7.65. The number of rotatable bonds is 3. The standard InChI is InChI=1S/C8H7N5O2S/c9-6-3-5(13(14)15)4-7(12-6)16-8-10-1-2-11-8/h1-4H,(H2,9,12)(H,10,11). The Kier molecular flexibility index (Phi) is 2.73. The Labute approximate surface area is 94.3 Å². The summed E-state index contributed by atoms with van der Waals surface area (Å²) in [5.41, 5.74) is 5.38. The first-order valence-corrected chi connectivity index (χ1v) is 5.06. The summed E-state index contributed by atoms with van der Waals surface area (Å²) in [4.78, 5) is 20.9. The van der Waals surface area contributed by atoms with Crippen molar-refractivity contribution in [2.45, 2.75) is 10.2 Å². The molecule has 2 aromatic rings. The van der Waals surface area contributed by atoms with E-state index in [0.29, 0.717) is 10.2 Å². The van der Waals surface area contributed by atoms with Gasteiger partial charge in [-0.2, -0.15) is 0 Å². The molecule has 0 aliphatic heterocycles. The lowest BCUT2D eigenvalue weighted by molar-refractivity contribution is -0.385. The quantitative estimate of drug-likeness (QED) is 0.617. The van der Waals surface area contributed by atoms with Gasteiger partial charge in [-0.15, -0.1) is 0 Å². The molecule has 0 unspecified atom stereocenters. The highest BCUT2D eigenvalue weighted by Crippen LogP contribution is 2.27.